The Kier molecular flexibility index (Phi) is 40.2. The number of rotatable bonds is 44. The quantitative estimate of drug-likeness (QED) is 0.0302. The predicted octanol–water partition coefficient (Wildman–Crippen LogP) is 12.0. The molecule has 0 radical (unpaired) electrons. The van der Waals surface area contributed by atoms with Crippen molar-refractivity contribution in [1.29, 1.82) is 0 Å². The summed E-state index contributed by atoms with van der Waals surface area (Å²) in [5.74, 6) is -0.410. The Balaban J connectivity index is 4.15. The lowest BCUT2D eigenvalue weighted by Gasteiger charge is -2.25. The summed E-state index contributed by atoms with van der Waals surface area (Å²) in [7, 11) is -4.37. The predicted molar refractivity (Wildman–Crippen MR) is 228 cm³/mol. The monoisotopic (exact) mass is 791 g/mol. The summed E-state index contributed by atoms with van der Waals surface area (Å²) in [4.78, 5) is 22.8. The Labute approximate surface area is 334 Å². The number of hydrogen-bond donors (Lipinski definition) is 5. The molecule has 9 nitrogen and oxygen atoms in total. The van der Waals surface area contributed by atoms with Gasteiger partial charge in [-0.1, -0.05) is 219 Å². The molecule has 54 heavy (non-hydrogen) atoms. The molecular weight excluding hydrogens is 699 g/mol. The van der Waals surface area contributed by atoms with Gasteiger partial charge < -0.3 is 26.2 Å². The molecule has 324 valence electrons. The van der Waals surface area contributed by atoms with Crippen molar-refractivity contribution in [2.45, 2.75) is 257 Å². The van der Waals surface area contributed by atoms with Crippen LogP contribution in [0.3, 0.4) is 0 Å². The van der Waals surface area contributed by atoms with Gasteiger partial charge >= 0.3 is 7.82 Å². The van der Waals surface area contributed by atoms with Gasteiger partial charge in [-0.15, -0.1) is 0 Å². The third kappa shape index (κ3) is 38.3. The summed E-state index contributed by atoms with van der Waals surface area (Å²) in [6, 6.07) is -0.890. The maximum Gasteiger partial charge on any atom is 0.472 e. The van der Waals surface area contributed by atoms with Gasteiger partial charge in [-0.05, 0) is 12.8 Å². The minimum Gasteiger partial charge on any atom is -0.393 e. The fourth-order valence-electron chi connectivity index (χ4n) is 7.24. The molecule has 0 aromatic rings. The second kappa shape index (κ2) is 40.6. The Morgan fingerprint density at radius 1 is 0.556 bits per heavy atom. The highest BCUT2D eigenvalue weighted by Crippen LogP contribution is 2.43. The van der Waals surface area contributed by atoms with Crippen LogP contribution in [0.25, 0.3) is 0 Å². The highest BCUT2D eigenvalue weighted by molar-refractivity contribution is 7.47. The van der Waals surface area contributed by atoms with Gasteiger partial charge in [-0.25, -0.2) is 4.57 Å². The average Bonchev–Trinajstić information content (AvgIpc) is 3.15. The standard InChI is InChI=1S/C44H91N2O7P/c1-3-5-7-9-11-13-15-16-17-18-19-20-21-22-23-24-26-28-30-32-34-36-43(48)42(40-53-54(50,51)52-38-37-45)46-44(49)39-41(47)35-33-31-29-27-25-14-12-10-8-6-4-2/h41-43,47-48H,3-40,45H2,1-2H3,(H,46,49)(H,50,51). The van der Waals surface area contributed by atoms with E-state index in [-0.39, 0.29) is 26.2 Å². The van der Waals surface area contributed by atoms with Crippen LogP contribution in [-0.2, 0) is 18.4 Å². The normalized spacial score (nSPS) is 14.6. The van der Waals surface area contributed by atoms with Crippen LogP contribution in [0.2, 0.25) is 0 Å². The first kappa shape index (κ1) is 53.5. The molecule has 0 aromatic heterocycles. The van der Waals surface area contributed by atoms with E-state index in [0.717, 1.165) is 38.5 Å². The topological polar surface area (TPSA) is 151 Å². The molecule has 6 N–H and O–H groups in total. The van der Waals surface area contributed by atoms with Crippen LogP contribution < -0.4 is 11.1 Å². The molecule has 4 atom stereocenters. The van der Waals surface area contributed by atoms with Gasteiger partial charge in [0.25, 0.3) is 0 Å². The molecule has 0 aromatic carbocycles. The number of aliphatic hydroxyl groups excluding tert-OH is 2. The number of hydrogen-bond acceptors (Lipinski definition) is 7. The van der Waals surface area contributed by atoms with Gasteiger partial charge in [0.2, 0.25) is 5.91 Å². The molecule has 0 rings (SSSR count). The Morgan fingerprint density at radius 3 is 1.24 bits per heavy atom. The molecule has 0 heterocycles. The van der Waals surface area contributed by atoms with Crippen LogP contribution in [0, 0.1) is 0 Å². The van der Waals surface area contributed by atoms with E-state index in [1.165, 1.54) is 167 Å². The molecule has 0 aliphatic heterocycles. The largest absolute Gasteiger partial charge is 0.472 e. The lowest BCUT2D eigenvalue weighted by atomic mass is 10.0. The van der Waals surface area contributed by atoms with Crippen molar-refractivity contribution in [2.75, 3.05) is 19.8 Å². The van der Waals surface area contributed by atoms with Gasteiger partial charge in [0, 0.05) is 6.54 Å². The van der Waals surface area contributed by atoms with Crippen LogP contribution in [-0.4, -0.2) is 59.0 Å². The minimum atomic E-state index is -4.37. The van der Waals surface area contributed by atoms with Crippen molar-refractivity contribution in [1.82, 2.24) is 5.32 Å². The number of unbranched alkanes of at least 4 members (excludes halogenated alkanes) is 30. The average molecular weight is 791 g/mol. The maximum absolute atomic E-state index is 12.8. The van der Waals surface area contributed by atoms with Gasteiger partial charge in [0.15, 0.2) is 0 Å². The molecule has 0 bridgehead atoms. The first-order valence-electron chi connectivity index (χ1n) is 23.2. The van der Waals surface area contributed by atoms with Crippen molar-refractivity contribution >= 4 is 13.7 Å². The Hall–Kier alpha value is -0.540. The lowest BCUT2D eigenvalue weighted by Crippen LogP contribution is -2.47. The van der Waals surface area contributed by atoms with Gasteiger partial charge in [0.1, 0.15) is 0 Å². The zero-order valence-electron chi connectivity index (χ0n) is 35.6. The lowest BCUT2D eigenvalue weighted by molar-refractivity contribution is -0.125. The molecule has 0 saturated carbocycles. The van der Waals surface area contributed by atoms with Crippen LogP contribution in [0.1, 0.15) is 239 Å². The second-order valence-electron chi connectivity index (χ2n) is 16.2. The van der Waals surface area contributed by atoms with E-state index in [2.05, 4.69) is 19.2 Å². The zero-order chi connectivity index (χ0) is 39.8. The summed E-state index contributed by atoms with van der Waals surface area (Å²) in [5, 5.41) is 24.2. The summed E-state index contributed by atoms with van der Waals surface area (Å²) in [5.41, 5.74) is 5.37. The van der Waals surface area contributed by atoms with Gasteiger partial charge in [-0.3, -0.25) is 13.8 Å². The van der Waals surface area contributed by atoms with Crippen molar-refractivity contribution in [3.63, 3.8) is 0 Å². The Morgan fingerprint density at radius 2 is 0.889 bits per heavy atom. The molecule has 10 heteroatoms. The number of amides is 1. The van der Waals surface area contributed by atoms with Crippen molar-refractivity contribution in [2.24, 2.45) is 5.73 Å². The summed E-state index contributed by atoms with van der Waals surface area (Å²) < 4.78 is 22.2. The van der Waals surface area contributed by atoms with Crippen molar-refractivity contribution < 1.29 is 33.5 Å². The van der Waals surface area contributed by atoms with E-state index in [9.17, 15) is 24.5 Å². The number of carbonyl (C=O) groups excluding carboxylic acids is 1. The first-order chi connectivity index (χ1) is 26.3. The zero-order valence-corrected chi connectivity index (χ0v) is 36.5. The van der Waals surface area contributed by atoms with E-state index in [1.54, 1.807) is 0 Å². The first-order valence-corrected chi connectivity index (χ1v) is 24.7. The van der Waals surface area contributed by atoms with E-state index >= 15 is 0 Å². The van der Waals surface area contributed by atoms with Crippen molar-refractivity contribution in [3.05, 3.63) is 0 Å². The molecule has 0 saturated heterocycles. The molecular formula is C44H91N2O7P. The van der Waals surface area contributed by atoms with Gasteiger partial charge in [0.05, 0.1) is 37.9 Å². The second-order valence-corrected chi connectivity index (χ2v) is 17.6. The molecule has 0 spiro atoms. The van der Waals surface area contributed by atoms with Crippen LogP contribution in [0.5, 0.6) is 0 Å². The van der Waals surface area contributed by atoms with Crippen LogP contribution >= 0.6 is 7.82 Å². The molecule has 0 fully saturated rings. The number of carbonyl (C=O) groups is 1. The SMILES string of the molecule is CCCCCCCCCCCCCCCCCCCCCCCC(O)C(COP(=O)(O)OCCN)NC(=O)CC(O)CCCCCCCCCCCCC. The molecule has 4 unspecified atom stereocenters. The Bertz CT molecular complexity index is 837. The summed E-state index contributed by atoms with van der Waals surface area (Å²) >= 11 is 0. The number of nitrogens with one attached hydrogen (secondary N) is 1. The summed E-state index contributed by atoms with van der Waals surface area (Å²) in [6.07, 6.45) is 40.1. The van der Waals surface area contributed by atoms with Crippen LogP contribution in [0.15, 0.2) is 0 Å². The number of phosphoric ester groups is 1. The number of phosphoric acid groups is 1. The van der Waals surface area contributed by atoms with E-state index in [4.69, 9.17) is 14.8 Å². The third-order valence-corrected chi connectivity index (χ3v) is 11.7. The highest BCUT2D eigenvalue weighted by atomic mass is 31.2. The van der Waals surface area contributed by atoms with Gasteiger partial charge in [-0.2, -0.15) is 0 Å². The fraction of sp³-hybridized carbons (Fsp3) is 0.977. The smallest absolute Gasteiger partial charge is 0.393 e. The third-order valence-electron chi connectivity index (χ3n) is 10.8. The van der Waals surface area contributed by atoms with Crippen molar-refractivity contribution in [3.8, 4) is 0 Å². The summed E-state index contributed by atoms with van der Waals surface area (Å²) in [6.45, 7) is 4.07. The fourth-order valence-corrected chi connectivity index (χ4v) is 8.00. The van der Waals surface area contributed by atoms with Crippen LogP contribution in [0.4, 0.5) is 0 Å². The molecule has 0 aliphatic rings. The molecule has 0 aliphatic carbocycles. The number of aliphatic hydroxyl groups is 2. The number of nitrogens with two attached hydrogens (primary N) is 1. The minimum absolute atomic E-state index is 0.0627. The van der Waals surface area contributed by atoms with E-state index in [1.807, 2.05) is 0 Å². The maximum atomic E-state index is 12.8. The van der Waals surface area contributed by atoms with E-state index in [0.29, 0.717) is 12.8 Å². The highest BCUT2D eigenvalue weighted by Gasteiger charge is 2.28. The molecule has 1 amide bonds. The van der Waals surface area contributed by atoms with E-state index < -0.39 is 32.0 Å².